The number of hydrogen-bond acceptors (Lipinski definition) is 10. The first-order chi connectivity index (χ1) is 14.7. The molecule has 0 saturated heterocycles. The monoisotopic (exact) mass is 435 g/mol. The molecule has 1 amide bonds. The van der Waals surface area contributed by atoms with Gasteiger partial charge in [0, 0.05) is 11.8 Å². The van der Waals surface area contributed by atoms with Crippen molar-refractivity contribution in [1.29, 1.82) is 0 Å². The highest BCUT2D eigenvalue weighted by Gasteiger charge is 2.29. The lowest BCUT2D eigenvalue weighted by Gasteiger charge is -2.21. The summed E-state index contributed by atoms with van der Waals surface area (Å²) >= 11 is 0. The van der Waals surface area contributed by atoms with Crippen LogP contribution >= 0.6 is 0 Å². The predicted molar refractivity (Wildman–Crippen MR) is 103 cm³/mol. The first kappa shape index (κ1) is 22.1. The van der Waals surface area contributed by atoms with Gasteiger partial charge in [0.25, 0.3) is 11.5 Å². The maximum absolute atomic E-state index is 11.9. The first-order valence-corrected chi connectivity index (χ1v) is 9.02. The van der Waals surface area contributed by atoms with Crippen molar-refractivity contribution in [3.05, 3.63) is 68.1 Å². The Morgan fingerprint density at radius 2 is 2.06 bits per heavy atom. The highest BCUT2D eigenvalue weighted by Crippen LogP contribution is 2.22. The van der Waals surface area contributed by atoms with Crippen LogP contribution in [0.1, 0.15) is 33.5 Å². The largest absolute Gasteiger partial charge is 0.466 e. The number of nitrogens with one attached hydrogen (secondary N) is 2. The number of aryl methyl sites for hydroxylation is 1. The van der Waals surface area contributed by atoms with E-state index in [1.54, 1.807) is 6.92 Å². The van der Waals surface area contributed by atoms with Crippen LogP contribution in [0, 0.1) is 6.92 Å². The van der Waals surface area contributed by atoms with Crippen molar-refractivity contribution >= 4 is 5.91 Å². The Labute approximate surface area is 173 Å². The number of rotatable bonds is 8. The second-order valence-corrected chi connectivity index (χ2v) is 6.85. The number of nitrogen functional groups attached to an aromatic ring is 1. The van der Waals surface area contributed by atoms with E-state index in [4.69, 9.17) is 10.3 Å². The molecule has 0 spiro atoms. The number of hydrazine groups is 1. The van der Waals surface area contributed by atoms with E-state index in [0.29, 0.717) is 11.3 Å². The van der Waals surface area contributed by atoms with Gasteiger partial charge in [-0.3, -0.25) is 24.6 Å². The summed E-state index contributed by atoms with van der Waals surface area (Å²) < 4.78 is 7.50. The number of hydrogen-bond donors (Lipinski definition) is 6. The molecule has 3 atom stereocenters. The molecule has 0 unspecified atom stereocenters. The molecule has 0 fully saturated rings. The number of nitrogens with zero attached hydrogens (tertiary/aromatic N) is 4. The Morgan fingerprint density at radius 3 is 2.77 bits per heavy atom. The van der Waals surface area contributed by atoms with E-state index in [1.165, 1.54) is 27.7 Å². The van der Waals surface area contributed by atoms with Crippen LogP contribution in [0.4, 0.5) is 0 Å². The van der Waals surface area contributed by atoms with Crippen LogP contribution in [-0.4, -0.2) is 58.0 Å². The summed E-state index contributed by atoms with van der Waals surface area (Å²) in [4.78, 5) is 36.9. The van der Waals surface area contributed by atoms with Crippen molar-refractivity contribution in [2.24, 2.45) is 5.84 Å². The number of carbonyl (C=O) groups is 1. The molecule has 0 aromatic carbocycles. The highest BCUT2D eigenvalue weighted by molar-refractivity contribution is 5.93. The lowest BCUT2D eigenvalue weighted by molar-refractivity contribution is -0.0739. The third-order valence-electron chi connectivity index (χ3n) is 4.50. The molecule has 31 heavy (non-hydrogen) atoms. The molecular formula is C17H21N7O7. The zero-order valence-electron chi connectivity index (χ0n) is 16.3. The van der Waals surface area contributed by atoms with E-state index in [9.17, 15) is 29.7 Å². The SMILES string of the molecule is Cc1cn(Cc2cn(C[C@@H](O)[C@@H](O)[C@H](O)c3cc(C(=O)NN)co3)nn2)c(=O)[nH]c1=O. The van der Waals surface area contributed by atoms with E-state index in [-0.39, 0.29) is 24.4 Å². The second kappa shape index (κ2) is 9.05. The number of aromatic nitrogens is 5. The minimum absolute atomic E-state index is 0.0239. The van der Waals surface area contributed by atoms with Crippen LogP contribution in [0.15, 0.2) is 38.7 Å². The molecule has 0 saturated carbocycles. The molecule has 3 rings (SSSR count). The summed E-state index contributed by atoms with van der Waals surface area (Å²) in [5.74, 6) is 4.22. The molecule has 0 aliphatic heterocycles. The Balaban J connectivity index is 1.65. The molecule has 0 aliphatic rings. The third kappa shape index (κ3) is 4.95. The predicted octanol–water partition coefficient (Wildman–Crippen LogP) is -2.86. The van der Waals surface area contributed by atoms with Gasteiger partial charge in [0.1, 0.15) is 36.0 Å². The zero-order chi connectivity index (χ0) is 22.7. The molecule has 0 bridgehead atoms. The fourth-order valence-electron chi connectivity index (χ4n) is 2.80. The summed E-state index contributed by atoms with van der Waals surface area (Å²) in [5, 5.41) is 38.4. The van der Waals surface area contributed by atoms with Crippen molar-refractivity contribution in [2.45, 2.75) is 38.3 Å². The number of nitrogens with two attached hydrogens (primary N) is 1. The maximum atomic E-state index is 11.9. The number of aromatic amines is 1. The van der Waals surface area contributed by atoms with Crippen LogP contribution in [0.2, 0.25) is 0 Å². The Hall–Kier alpha value is -3.59. The average molecular weight is 435 g/mol. The zero-order valence-corrected chi connectivity index (χ0v) is 16.3. The van der Waals surface area contributed by atoms with Crippen LogP contribution in [0.5, 0.6) is 0 Å². The molecule has 3 aromatic rings. The highest BCUT2D eigenvalue weighted by atomic mass is 16.4. The average Bonchev–Trinajstić information content (AvgIpc) is 3.40. The number of furan rings is 1. The van der Waals surface area contributed by atoms with Gasteiger partial charge in [-0.2, -0.15) is 0 Å². The molecule has 14 heteroatoms. The quantitative estimate of drug-likeness (QED) is 0.121. The van der Waals surface area contributed by atoms with Crippen molar-refractivity contribution in [3.8, 4) is 0 Å². The van der Waals surface area contributed by atoms with E-state index in [2.05, 4.69) is 15.3 Å². The van der Waals surface area contributed by atoms with Crippen molar-refractivity contribution in [1.82, 2.24) is 30.0 Å². The van der Waals surface area contributed by atoms with Gasteiger partial charge in [-0.15, -0.1) is 5.10 Å². The third-order valence-corrected chi connectivity index (χ3v) is 4.50. The van der Waals surface area contributed by atoms with Crippen LogP contribution < -0.4 is 22.5 Å². The van der Waals surface area contributed by atoms with Gasteiger partial charge in [0.15, 0.2) is 0 Å². The molecule has 0 aliphatic carbocycles. The summed E-state index contributed by atoms with van der Waals surface area (Å²) in [5.41, 5.74) is 1.56. The van der Waals surface area contributed by atoms with E-state index < -0.39 is 35.5 Å². The fourth-order valence-corrected chi connectivity index (χ4v) is 2.80. The van der Waals surface area contributed by atoms with Gasteiger partial charge in [-0.1, -0.05) is 5.21 Å². The molecule has 14 nitrogen and oxygen atoms in total. The Morgan fingerprint density at radius 1 is 1.32 bits per heavy atom. The topological polar surface area (TPSA) is 215 Å². The van der Waals surface area contributed by atoms with Crippen molar-refractivity contribution < 1.29 is 24.5 Å². The van der Waals surface area contributed by atoms with E-state index >= 15 is 0 Å². The fraction of sp³-hybridized carbons (Fsp3) is 0.353. The minimum atomic E-state index is -1.67. The smallest absolute Gasteiger partial charge is 0.328 e. The molecule has 7 N–H and O–H groups in total. The van der Waals surface area contributed by atoms with Crippen LogP contribution in [0.3, 0.4) is 0 Å². The molecule has 3 heterocycles. The van der Waals surface area contributed by atoms with Gasteiger partial charge in [-0.25, -0.2) is 15.3 Å². The summed E-state index contributed by atoms with van der Waals surface area (Å²) in [6, 6.07) is 1.18. The maximum Gasteiger partial charge on any atom is 0.328 e. The van der Waals surface area contributed by atoms with E-state index in [0.717, 1.165) is 6.26 Å². The molecular weight excluding hydrogens is 414 g/mol. The number of carbonyl (C=O) groups excluding carboxylic acids is 1. The number of aliphatic hydroxyl groups excluding tert-OH is 3. The minimum Gasteiger partial charge on any atom is -0.466 e. The summed E-state index contributed by atoms with van der Waals surface area (Å²) in [6.45, 7) is 1.34. The summed E-state index contributed by atoms with van der Waals surface area (Å²) in [6.07, 6.45) is -0.899. The van der Waals surface area contributed by atoms with Crippen LogP contribution in [0.25, 0.3) is 0 Å². The van der Waals surface area contributed by atoms with Crippen molar-refractivity contribution in [2.75, 3.05) is 0 Å². The summed E-state index contributed by atoms with van der Waals surface area (Å²) in [7, 11) is 0. The van der Waals surface area contributed by atoms with Gasteiger partial charge in [0.05, 0.1) is 24.8 Å². The van der Waals surface area contributed by atoms with Crippen molar-refractivity contribution in [3.63, 3.8) is 0 Å². The first-order valence-electron chi connectivity index (χ1n) is 9.02. The van der Waals surface area contributed by atoms with Crippen LogP contribution in [-0.2, 0) is 13.1 Å². The standard InChI is InChI=1S/C17H21N7O7/c1-8-3-23(17(30)19-15(8)28)4-10-5-24(22-21-10)6-11(25)13(26)14(27)12-2-9(7-31-12)16(29)20-18/h2-3,5,7,11,13-14,25-27H,4,6,18H2,1H3,(H,20,29)(H,19,28,30)/t11-,13-,14-/m1/s1. The van der Waals surface area contributed by atoms with Gasteiger partial charge < -0.3 is 19.7 Å². The number of aliphatic hydroxyl groups is 3. The molecule has 166 valence electrons. The van der Waals surface area contributed by atoms with Gasteiger partial charge in [-0.05, 0) is 13.0 Å². The van der Waals surface area contributed by atoms with Gasteiger partial charge >= 0.3 is 5.69 Å². The molecule has 0 radical (unpaired) electrons. The molecule has 3 aromatic heterocycles. The Bertz CT molecular complexity index is 1180. The number of H-pyrrole nitrogens is 1. The van der Waals surface area contributed by atoms with E-state index in [1.807, 2.05) is 5.43 Å². The van der Waals surface area contributed by atoms with Gasteiger partial charge in [0.2, 0.25) is 0 Å². The lowest BCUT2D eigenvalue weighted by Crippen LogP contribution is -2.35. The normalized spacial score (nSPS) is 14.2. The number of amides is 1. The Kier molecular flexibility index (Phi) is 6.45. The second-order valence-electron chi connectivity index (χ2n) is 6.85. The lowest BCUT2D eigenvalue weighted by atomic mass is 10.1.